The molecule has 0 aromatic heterocycles. The molecule has 10 atom stereocenters. The third kappa shape index (κ3) is 10.6. The Kier molecular flexibility index (Phi) is 13.9. The minimum Gasteiger partial charge on any atom is -0.459 e. The monoisotopic (exact) mass is 872 g/mol. The maximum absolute atomic E-state index is 14.1. The van der Waals surface area contributed by atoms with Crippen LogP contribution in [0.3, 0.4) is 0 Å². The van der Waals surface area contributed by atoms with Gasteiger partial charge in [-0.3, -0.25) is 0 Å². The predicted molar refractivity (Wildman–Crippen MR) is 227 cm³/mol. The molecule has 14 heteroatoms. The van der Waals surface area contributed by atoms with Gasteiger partial charge in [0.15, 0.2) is 36.7 Å². The van der Waals surface area contributed by atoms with E-state index >= 15 is 0 Å². The highest BCUT2D eigenvalue weighted by molar-refractivity contribution is 5.91. The second-order valence-corrected chi connectivity index (χ2v) is 15.9. The Balaban J connectivity index is 1.17. The molecular formula is C50H48O14. The first kappa shape index (κ1) is 44.4. The second-order valence-electron chi connectivity index (χ2n) is 15.9. The average molecular weight is 873 g/mol. The minimum atomic E-state index is -1.62. The van der Waals surface area contributed by atoms with Crippen molar-refractivity contribution in [2.45, 2.75) is 94.6 Å². The van der Waals surface area contributed by atoms with E-state index in [9.17, 15) is 19.2 Å². The zero-order valence-corrected chi connectivity index (χ0v) is 35.3. The Hall–Kier alpha value is -6.26. The van der Waals surface area contributed by atoms with E-state index in [0.717, 1.165) is 5.56 Å². The van der Waals surface area contributed by atoms with E-state index in [1.165, 1.54) is 0 Å². The van der Waals surface area contributed by atoms with E-state index in [4.69, 9.17) is 47.4 Å². The van der Waals surface area contributed by atoms with Gasteiger partial charge in [-0.05, 0) is 74.9 Å². The minimum absolute atomic E-state index is 0.150. The number of esters is 4. The molecule has 14 nitrogen and oxygen atoms in total. The van der Waals surface area contributed by atoms with Crippen molar-refractivity contribution < 1.29 is 66.5 Å². The van der Waals surface area contributed by atoms with E-state index in [1.54, 1.807) is 142 Å². The van der Waals surface area contributed by atoms with Crippen LogP contribution in [-0.2, 0) is 54.0 Å². The summed E-state index contributed by atoms with van der Waals surface area (Å²) in [4.78, 5) is 55.6. The van der Waals surface area contributed by atoms with Crippen LogP contribution in [0.4, 0.5) is 0 Å². The Labute approximate surface area is 370 Å². The Morgan fingerprint density at radius 3 is 1.45 bits per heavy atom. The molecule has 3 aliphatic heterocycles. The van der Waals surface area contributed by atoms with Crippen LogP contribution in [0.2, 0.25) is 0 Å². The number of carbonyl (C=O) groups is 4. The van der Waals surface area contributed by atoms with Crippen LogP contribution in [0.15, 0.2) is 152 Å². The topological polar surface area (TPSA) is 161 Å². The number of hydrogen-bond donors (Lipinski definition) is 0. The lowest BCUT2D eigenvalue weighted by Gasteiger charge is -2.47. The number of rotatable bonds is 14. The van der Waals surface area contributed by atoms with Gasteiger partial charge < -0.3 is 47.4 Å². The summed E-state index contributed by atoms with van der Waals surface area (Å²) < 4.78 is 63.5. The highest BCUT2D eigenvalue weighted by atomic mass is 16.8. The summed E-state index contributed by atoms with van der Waals surface area (Å²) >= 11 is 0. The molecule has 3 fully saturated rings. The van der Waals surface area contributed by atoms with Crippen LogP contribution in [0, 0.1) is 0 Å². The van der Waals surface area contributed by atoms with Gasteiger partial charge in [0.1, 0.15) is 31.0 Å². The first-order chi connectivity index (χ1) is 31.0. The summed E-state index contributed by atoms with van der Waals surface area (Å²) in [5, 5.41) is 0. The molecule has 0 bridgehead atoms. The van der Waals surface area contributed by atoms with Crippen LogP contribution >= 0.6 is 0 Å². The summed E-state index contributed by atoms with van der Waals surface area (Å²) in [6.07, 6.45) is -12.0. The van der Waals surface area contributed by atoms with Crippen molar-refractivity contribution in [2.75, 3.05) is 6.61 Å². The number of hydrogen-bond acceptors (Lipinski definition) is 14. The molecule has 5 aromatic carbocycles. The van der Waals surface area contributed by atoms with Gasteiger partial charge in [-0.25, -0.2) is 19.2 Å². The van der Waals surface area contributed by atoms with Crippen molar-refractivity contribution in [3.05, 3.63) is 179 Å². The fourth-order valence-corrected chi connectivity index (χ4v) is 7.78. The molecule has 0 radical (unpaired) electrons. The Morgan fingerprint density at radius 2 is 0.938 bits per heavy atom. The average Bonchev–Trinajstić information content (AvgIpc) is 3.66. The Bertz CT molecular complexity index is 2330. The molecular weight excluding hydrogens is 825 g/mol. The normalized spacial score (nSPS) is 27.0. The van der Waals surface area contributed by atoms with Crippen molar-refractivity contribution in [3.63, 3.8) is 0 Å². The quantitative estimate of drug-likeness (QED) is 0.0820. The van der Waals surface area contributed by atoms with Crippen LogP contribution in [0.5, 0.6) is 0 Å². The Morgan fingerprint density at radius 1 is 0.500 bits per heavy atom. The molecule has 0 unspecified atom stereocenters. The van der Waals surface area contributed by atoms with Crippen LogP contribution in [0.25, 0.3) is 0 Å². The zero-order valence-electron chi connectivity index (χ0n) is 35.3. The number of benzene rings is 5. The van der Waals surface area contributed by atoms with Gasteiger partial charge in [0.25, 0.3) is 0 Å². The van der Waals surface area contributed by atoms with Gasteiger partial charge in [0.05, 0.1) is 35.0 Å². The third-order valence-corrected chi connectivity index (χ3v) is 10.9. The maximum Gasteiger partial charge on any atom is 0.338 e. The van der Waals surface area contributed by atoms with E-state index in [-0.39, 0.29) is 28.9 Å². The second kappa shape index (κ2) is 20.1. The van der Waals surface area contributed by atoms with Gasteiger partial charge in [-0.2, -0.15) is 0 Å². The fourth-order valence-electron chi connectivity index (χ4n) is 7.78. The predicted octanol–water partition coefficient (Wildman–Crippen LogP) is 7.11. The molecule has 8 rings (SSSR count). The first-order valence-corrected chi connectivity index (χ1v) is 21.0. The molecule has 0 spiro atoms. The van der Waals surface area contributed by atoms with Crippen LogP contribution < -0.4 is 0 Å². The van der Waals surface area contributed by atoms with Crippen LogP contribution in [-0.4, -0.2) is 97.7 Å². The lowest BCUT2D eigenvalue weighted by molar-refractivity contribution is -0.344. The largest absolute Gasteiger partial charge is 0.459 e. The number of fused-ring (bicyclic) bond motifs is 1. The molecule has 3 aliphatic rings. The highest BCUT2D eigenvalue weighted by Gasteiger charge is 2.59. The summed E-state index contributed by atoms with van der Waals surface area (Å²) in [7, 11) is 0. The lowest BCUT2D eigenvalue weighted by Crippen LogP contribution is -2.65. The van der Waals surface area contributed by atoms with Gasteiger partial charge >= 0.3 is 23.9 Å². The fraction of sp³-hybridized carbons (Fsp3) is 0.320. The molecule has 0 amide bonds. The van der Waals surface area contributed by atoms with E-state index in [0.29, 0.717) is 0 Å². The van der Waals surface area contributed by atoms with Crippen molar-refractivity contribution in [1.29, 1.82) is 0 Å². The summed E-state index contributed by atoms with van der Waals surface area (Å²) in [5.74, 6) is -4.30. The molecule has 3 saturated heterocycles. The van der Waals surface area contributed by atoms with Crippen LogP contribution in [0.1, 0.15) is 67.8 Å². The molecule has 3 heterocycles. The molecule has 332 valence electrons. The van der Waals surface area contributed by atoms with Crippen molar-refractivity contribution in [1.82, 2.24) is 0 Å². The molecule has 0 saturated carbocycles. The number of ether oxygens (including phenoxy) is 10. The van der Waals surface area contributed by atoms with Crippen molar-refractivity contribution >= 4 is 23.9 Å². The molecule has 5 aromatic rings. The number of carbonyl (C=O) groups excluding carboxylic acids is 4. The summed E-state index contributed by atoms with van der Waals surface area (Å²) in [6, 6.07) is 42.3. The van der Waals surface area contributed by atoms with Gasteiger partial charge in [0.2, 0.25) is 0 Å². The highest BCUT2D eigenvalue weighted by Crippen LogP contribution is 2.41. The van der Waals surface area contributed by atoms with Gasteiger partial charge in [-0.15, -0.1) is 0 Å². The van der Waals surface area contributed by atoms with Gasteiger partial charge in [-0.1, -0.05) is 103 Å². The van der Waals surface area contributed by atoms with Crippen molar-refractivity contribution in [3.8, 4) is 0 Å². The first-order valence-electron chi connectivity index (χ1n) is 21.0. The standard InChI is InChI=1S/C50H48O14/c1-31-38(41-43(64-50(2,3)63-41)48(57-31)56-29-32-19-9-4-10-20-32)62-49-42(61-47(54)36-27-17-8-18-28-36)40(60-46(53)35-25-15-7-16-26-35)39(59-45(52)34-23-13-6-14-24-34)37(58-49)30-55-44(51)33-21-11-5-12-22-33/h4-28,31,37-43,48-49H,29-30H2,1-3H3/t31-,37+,38-,39-,40-,41+,42+,43+,48+,49-/m0/s1. The van der Waals surface area contributed by atoms with E-state index in [1.807, 2.05) is 30.3 Å². The molecule has 64 heavy (non-hydrogen) atoms. The summed E-state index contributed by atoms with van der Waals surface area (Å²) in [6.45, 7) is 4.97. The van der Waals surface area contributed by atoms with E-state index in [2.05, 4.69) is 0 Å². The third-order valence-electron chi connectivity index (χ3n) is 10.9. The molecule has 0 N–H and O–H groups in total. The van der Waals surface area contributed by atoms with Gasteiger partial charge in [0, 0.05) is 0 Å². The van der Waals surface area contributed by atoms with E-state index < -0.39 is 97.7 Å². The summed E-state index contributed by atoms with van der Waals surface area (Å²) in [5.41, 5.74) is 1.64. The SMILES string of the molecule is C[C@@H]1O[C@@H](OCc2ccccc2)[C@@H]2OC(C)(C)O[C@@H]2[C@H]1O[C@@H]1O[C@H](COC(=O)c2ccccc2)[C@H](OC(=O)c2ccccc2)[C@H](OC(=O)c2ccccc2)[C@H]1OC(=O)c1ccccc1. The zero-order chi connectivity index (χ0) is 44.6. The van der Waals surface area contributed by atoms with Crippen molar-refractivity contribution in [2.24, 2.45) is 0 Å². The lowest BCUT2D eigenvalue weighted by atomic mass is 9.96. The smallest absolute Gasteiger partial charge is 0.338 e. The maximum atomic E-state index is 14.1. The molecule has 0 aliphatic carbocycles.